The van der Waals surface area contributed by atoms with Crippen LogP contribution in [0.3, 0.4) is 0 Å². The number of carboxylic acids is 1. The third-order valence-electron chi connectivity index (χ3n) is 12.3. The fraction of sp³-hybridized carbons (Fsp3) is 0.276. The number of aryl methyl sites for hydroxylation is 4. The van der Waals surface area contributed by atoms with E-state index in [1.54, 1.807) is 65.6 Å². The number of fused-ring (bicyclic) bond motifs is 1. The van der Waals surface area contributed by atoms with Crippen molar-refractivity contribution < 1.29 is 33.9 Å². The van der Waals surface area contributed by atoms with E-state index in [9.17, 15) is 28.8 Å². The summed E-state index contributed by atoms with van der Waals surface area (Å²) in [4.78, 5) is 100. The minimum Gasteiger partial charge on any atom is -0.480 e. The number of rotatable bonds is 15. The largest absolute Gasteiger partial charge is 0.480 e. The maximum atomic E-state index is 13.5. The van der Waals surface area contributed by atoms with Crippen LogP contribution >= 0.6 is 13.5 Å². The zero-order chi connectivity index (χ0) is 57.2. The van der Waals surface area contributed by atoms with Crippen molar-refractivity contribution in [3.05, 3.63) is 162 Å². The van der Waals surface area contributed by atoms with Gasteiger partial charge in [-0.2, -0.15) is 18.6 Å². The van der Waals surface area contributed by atoms with Crippen molar-refractivity contribution in [2.24, 2.45) is 0 Å². The summed E-state index contributed by atoms with van der Waals surface area (Å²) in [7, 11) is 0. The molecule has 2 amide bonds. The quantitative estimate of drug-likeness (QED) is 0.0376. The number of amides is 2. The van der Waals surface area contributed by atoms with Crippen LogP contribution in [0.1, 0.15) is 78.9 Å². The molecule has 2 aliphatic heterocycles. The Hall–Kier alpha value is -8.51. The molecule has 0 unspecified atom stereocenters. The number of carbonyl (C=O) groups is 6. The van der Waals surface area contributed by atoms with Crippen molar-refractivity contribution in [1.29, 1.82) is 5.41 Å². The van der Waals surface area contributed by atoms with Gasteiger partial charge in [0.2, 0.25) is 11.8 Å². The molecule has 0 radical (unpaired) electrons. The van der Waals surface area contributed by atoms with E-state index in [1.807, 2.05) is 93.6 Å². The van der Waals surface area contributed by atoms with Crippen LogP contribution in [0.4, 0.5) is 11.5 Å². The maximum Gasteiger partial charge on any atom is 0.322 e. The predicted octanol–water partition coefficient (Wildman–Crippen LogP) is 7.57. The second kappa shape index (κ2) is 31.3. The third kappa shape index (κ3) is 18.3. The van der Waals surface area contributed by atoms with E-state index in [-0.39, 0.29) is 75.6 Å². The Morgan fingerprint density at radius 2 is 1.36 bits per heavy atom. The number of hydrogen-bond acceptors (Lipinski definition) is 18. The van der Waals surface area contributed by atoms with Crippen LogP contribution in [-0.2, 0) is 59.3 Å². The monoisotopic (exact) mass is 1150 g/mol. The lowest BCUT2D eigenvalue weighted by Crippen LogP contribution is -2.48. The van der Waals surface area contributed by atoms with E-state index < -0.39 is 17.8 Å². The SMILES string of the molecule is C.CC(=O)C(=N)c1cc(-c2cnc(C)nc2)ccc1NCC(=O)O.CC(=O)c1nn(CC(=O)N2CC=CC[C@H]2C(=O)Cc2cccc(C)n2)c2ccc(-c3cnc(C)nc3)cc12.Cc1cccc(NC(=O)[C@@H]2CC=CCN2)n1.S.S=S. The summed E-state index contributed by atoms with van der Waals surface area (Å²) in [5.74, 6) is -0.0138. The average Bonchev–Trinajstić information content (AvgIpc) is 3.85. The number of Topliss-reactive ketones (excluding diaryl/α,β-unsaturated/α-hetero) is 3. The maximum absolute atomic E-state index is 13.5. The molecule has 0 bridgehead atoms. The van der Waals surface area contributed by atoms with Crippen LogP contribution in [0.25, 0.3) is 33.2 Å². The minimum atomic E-state index is -1.03. The van der Waals surface area contributed by atoms with Crippen LogP contribution in [-0.4, -0.2) is 122 Å². The average molecular weight is 1150 g/mol. The van der Waals surface area contributed by atoms with E-state index in [0.29, 0.717) is 64.0 Å². The summed E-state index contributed by atoms with van der Waals surface area (Å²) in [6, 6.07) is 21.1. The number of carbonyl (C=O) groups excluding carboxylic acids is 5. The van der Waals surface area contributed by atoms with E-state index in [2.05, 4.69) is 73.3 Å². The number of ketones is 3. The van der Waals surface area contributed by atoms with E-state index >= 15 is 0 Å². The second-order valence-corrected chi connectivity index (χ2v) is 18.3. The van der Waals surface area contributed by atoms with Crippen LogP contribution in [0.5, 0.6) is 0 Å². The molecule has 23 heteroatoms. The first-order valence-electron chi connectivity index (χ1n) is 24.9. The van der Waals surface area contributed by atoms with Crippen molar-refractivity contribution in [2.75, 3.05) is 30.3 Å². The molecule has 422 valence electrons. The van der Waals surface area contributed by atoms with Crippen molar-refractivity contribution in [1.82, 2.24) is 49.9 Å². The van der Waals surface area contributed by atoms with E-state index in [4.69, 9.17) is 10.5 Å². The zero-order valence-electron chi connectivity index (χ0n) is 44.9. The van der Waals surface area contributed by atoms with Gasteiger partial charge in [-0.1, -0.05) is 56.0 Å². The van der Waals surface area contributed by atoms with E-state index in [1.165, 1.54) is 13.8 Å². The van der Waals surface area contributed by atoms with Crippen LogP contribution in [0.15, 0.2) is 122 Å². The molecule has 0 saturated heterocycles. The molecule has 0 fully saturated rings. The van der Waals surface area contributed by atoms with E-state index in [0.717, 1.165) is 46.6 Å². The summed E-state index contributed by atoms with van der Waals surface area (Å²) in [6.45, 7) is 10.8. The van der Waals surface area contributed by atoms with Gasteiger partial charge in [0.1, 0.15) is 42.0 Å². The highest BCUT2D eigenvalue weighted by atomic mass is 32.8. The van der Waals surface area contributed by atoms with Gasteiger partial charge in [0, 0.05) is 119 Å². The second-order valence-electron chi connectivity index (χ2n) is 18.3. The molecule has 20 nitrogen and oxygen atoms in total. The van der Waals surface area contributed by atoms with Gasteiger partial charge in [-0.15, -0.1) is 0 Å². The lowest BCUT2D eigenvalue weighted by molar-refractivity contribution is -0.139. The van der Waals surface area contributed by atoms with Crippen molar-refractivity contribution in [3.63, 3.8) is 0 Å². The first-order chi connectivity index (χ1) is 37.9. The predicted molar refractivity (Wildman–Crippen MR) is 323 cm³/mol. The molecule has 0 saturated carbocycles. The summed E-state index contributed by atoms with van der Waals surface area (Å²) in [5.41, 5.74) is 7.13. The Morgan fingerprint density at radius 3 is 1.94 bits per heavy atom. The smallest absolute Gasteiger partial charge is 0.322 e. The molecule has 0 spiro atoms. The Kier molecular flexibility index (Phi) is 25.1. The van der Waals surface area contributed by atoms with Crippen LogP contribution in [0, 0.1) is 33.1 Å². The Morgan fingerprint density at radius 1 is 0.753 bits per heavy atom. The number of nitrogens with zero attached hydrogens (tertiary/aromatic N) is 9. The summed E-state index contributed by atoms with van der Waals surface area (Å²) in [6.07, 6.45) is 16.0. The normalized spacial score (nSPS) is 13.9. The Bertz CT molecular complexity index is 3440. The molecular weight excluding hydrogens is 1090 g/mol. The van der Waals surface area contributed by atoms with Crippen LogP contribution in [0.2, 0.25) is 0 Å². The highest BCUT2D eigenvalue weighted by molar-refractivity contribution is 8.07. The first kappa shape index (κ1) is 65.0. The summed E-state index contributed by atoms with van der Waals surface area (Å²) < 4.78 is 1.55. The fourth-order valence-electron chi connectivity index (χ4n) is 8.36. The molecule has 5 N–H and O–H groups in total. The number of carboxylic acid groups (broad SMARTS) is 1. The van der Waals surface area contributed by atoms with Crippen molar-refractivity contribution >= 4 is 99.1 Å². The molecular formula is C58H65N13O7S3. The number of aromatic nitrogens is 8. The standard InChI is InChI=1S/C29H28N6O3.C16H16N4O3.C12H15N3O.CH4.S2.H2S/c1-18-7-6-8-23(32-18)14-27(37)26-9-4-5-12-34(26)28(38)17-35-25-11-10-21(22-15-30-20(3)31-16-22)13-24(25)29(33-35)19(2)36;1-9(21)16(17)13-5-11(12-6-18-10(2)19-7-12)3-4-14(13)20-8-15(22)23;1-9-5-4-7-11(14-9)15-12(16)10-6-2-3-8-13-10;;1-2;/h4-8,10-11,13,15-16,26H,9,12,14,17H2,1-3H3;3-7,17,20H,8H2,1-2H3,(H,22,23);2-5,7,10,13H,6,8H2,1H3,(H,14,15,16);1H4;;1H2/t26-;;10-;;;/m0.0.../s1. The highest BCUT2D eigenvalue weighted by Gasteiger charge is 2.31. The molecule has 7 heterocycles. The van der Waals surface area contributed by atoms with Gasteiger partial charge in [0.25, 0.3) is 0 Å². The van der Waals surface area contributed by atoms with Crippen LogP contribution < -0.4 is 16.0 Å². The van der Waals surface area contributed by atoms with Gasteiger partial charge >= 0.3 is 5.97 Å². The highest BCUT2D eigenvalue weighted by Crippen LogP contribution is 2.28. The lowest BCUT2D eigenvalue weighted by Gasteiger charge is -2.32. The minimum absolute atomic E-state index is 0. The molecule has 2 aromatic carbocycles. The van der Waals surface area contributed by atoms with Gasteiger partial charge in [-0.25, -0.2) is 24.9 Å². The molecule has 9 rings (SSSR count). The zero-order valence-corrected chi connectivity index (χ0v) is 47.5. The molecule has 2 aliphatic rings. The molecule has 2 atom stereocenters. The first-order valence-corrected chi connectivity index (χ1v) is 26.3. The molecule has 81 heavy (non-hydrogen) atoms. The summed E-state index contributed by atoms with van der Waals surface area (Å²) >= 11 is 7.33. The topological polar surface area (TPSA) is 281 Å². The van der Waals surface area contributed by atoms with Gasteiger partial charge in [0.05, 0.1) is 24.0 Å². The van der Waals surface area contributed by atoms with Gasteiger partial charge < -0.3 is 26.0 Å². The number of aliphatic carboxylic acids is 1. The number of pyridine rings is 2. The third-order valence-corrected chi connectivity index (χ3v) is 12.3. The van der Waals surface area contributed by atoms with Gasteiger partial charge in [-0.05, 0) is 100 Å². The fourth-order valence-corrected chi connectivity index (χ4v) is 8.36. The number of nitrogens with one attached hydrogen (secondary N) is 4. The Labute approximate surface area is 487 Å². The molecule has 0 aliphatic carbocycles. The van der Waals surface area contributed by atoms with Gasteiger partial charge in [-0.3, -0.25) is 43.8 Å². The van der Waals surface area contributed by atoms with Crippen molar-refractivity contribution in [2.45, 2.75) is 86.9 Å². The molecule has 5 aromatic heterocycles. The number of benzene rings is 2. The van der Waals surface area contributed by atoms with Crippen molar-refractivity contribution in [3.8, 4) is 22.3 Å². The summed E-state index contributed by atoms with van der Waals surface area (Å²) in [5, 5.41) is 30.5. The Balaban J connectivity index is 0.000000280. The lowest BCUT2D eigenvalue weighted by atomic mass is 9.99. The number of anilines is 2. The number of hydrogen-bond donors (Lipinski definition) is 5. The molecule has 7 aromatic rings. The van der Waals surface area contributed by atoms with Gasteiger partial charge in [0.15, 0.2) is 17.3 Å².